The van der Waals surface area contributed by atoms with Crippen molar-refractivity contribution >= 4 is 11.0 Å². The van der Waals surface area contributed by atoms with Gasteiger partial charge in [-0.05, 0) is 45.2 Å². The first-order valence-corrected chi connectivity index (χ1v) is 7.75. The van der Waals surface area contributed by atoms with Gasteiger partial charge >= 0.3 is 0 Å². The Balaban J connectivity index is 2.89. The monoisotopic (exact) mass is 285 g/mol. The number of hydrogen-bond donors (Lipinski definition) is 1. The lowest BCUT2D eigenvalue weighted by Crippen LogP contribution is -2.35. The van der Waals surface area contributed by atoms with Crippen molar-refractivity contribution in [3.8, 4) is 0 Å². The summed E-state index contributed by atoms with van der Waals surface area (Å²) in [7, 11) is -1.21. The maximum atomic E-state index is 14.1. The molecule has 0 fully saturated rings. The molecule has 0 unspecified atom stereocenters. The van der Waals surface area contributed by atoms with Crippen molar-refractivity contribution in [2.45, 2.75) is 58.2 Å². The number of halogens is 1. The second-order valence-electron chi connectivity index (χ2n) is 6.16. The van der Waals surface area contributed by atoms with Crippen molar-refractivity contribution in [2.24, 2.45) is 0 Å². The van der Waals surface area contributed by atoms with Gasteiger partial charge in [-0.3, -0.25) is 0 Å². The van der Waals surface area contributed by atoms with Crippen LogP contribution < -0.4 is 4.72 Å². The van der Waals surface area contributed by atoms with Crippen LogP contribution in [0.5, 0.6) is 0 Å². The average Bonchev–Trinajstić information content (AvgIpc) is 2.26. The summed E-state index contributed by atoms with van der Waals surface area (Å²) in [6.45, 7) is 11.6. The third kappa shape index (κ3) is 4.39. The Hall–Kier alpha value is -0.740. The number of benzene rings is 1. The van der Waals surface area contributed by atoms with E-state index in [1.807, 2.05) is 47.6 Å². The lowest BCUT2D eigenvalue weighted by molar-refractivity contribution is 0.569. The highest BCUT2D eigenvalue weighted by molar-refractivity contribution is 7.84. The quantitative estimate of drug-likeness (QED) is 0.888. The predicted molar refractivity (Wildman–Crippen MR) is 79.9 cm³/mol. The Morgan fingerprint density at radius 1 is 1.21 bits per heavy atom. The number of rotatable bonds is 4. The highest BCUT2D eigenvalue weighted by Crippen LogP contribution is 2.23. The van der Waals surface area contributed by atoms with Crippen molar-refractivity contribution in [2.75, 3.05) is 0 Å². The fourth-order valence-electron chi connectivity index (χ4n) is 1.65. The maximum absolute atomic E-state index is 14.1. The molecule has 0 aliphatic rings. The summed E-state index contributed by atoms with van der Waals surface area (Å²) in [6.07, 6.45) is 0. The SMILES string of the molecule is CC(C)c1ccc([C@H](C)N[S@](=O)C(C)(C)C)c(F)c1. The van der Waals surface area contributed by atoms with Crippen molar-refractivity contribution < 1.29 is 8.60 Å². The Kier molecular flexibility index (Phi) is 5.27. The lowest BCUT2D eigenvalue weighted by atomic mass is 9.99. The number of hydrogen-bond acceptors (Lipinski definition) is 1. The minimum absolute atomic E-state index is 0.239. The zero-order valence-electron chi connectivity index (χ0n) is 12.6. The van der Waals surface area contributed by atoms with E-state index >= 15 is 0 Å². The minimum atomic E-state index is -1.21. The highest BCUT2D eigenvalue weighted by Gasteiger charge is 2.22. The third-order valence-electron chi connectivity index (χ3n) is 3.00. The first-order chi connectivity index (χ1) is 8.62. The van der Waals surface area contributed by atoms with Gasteiger partial charge in [0.1, 0.15) is 5.82 Å². The molecular formula is C15H24FNOS. The van der Waals surface area contributed by atoms with Gasteiger partial charge in [0.25, 0.3) is 0 Å². The molecule has 0 heterocycles. The molecule has 0 spiro atoms. The molecular weight excluding hydrogens is 261 g/mol. The fourth-order valence-corrected chi connectivity index (χ4v) is 2.46. The first kappa shape index (κ1) is 16.3. The third-order valence-corrected chi connectivity index (χ3v) is 4.68. The second-order valence-corrected chi connectivity index (χ2v) is 8.15. The summed E-state index contributed by atoms with van der Waals surface area (Å²) in [5.41, 5.74) is 1.53. The summed E-state index contributed by atoms with van der Waals surface area (Å²) in [6, 6.07) is 5.00. The van der Waals surface area contributed by atoms with Crippen LogP contribution in [0, 0.1) is 5.82 Å². The molecule has 0 aliphatic carbocycles. The molecule has 108 valence electrons. The molecule has 1 N–H and O–H groups in total. The van der Waals surface area contributed by atoms with Gasteiger partial charge in [0.05, 0.1) is 15.7 Å². The summed E-state index contributed by atoms with van der Waals surface area (Å²) < 4.78 is 28.7. The molecule has 1 aromatic carbocycles. The normalized spacial score (nSPS) is 15.6. The van der Waals surface area contributed by atoms with Gasteiger partial charge in [0.2, 0.25) is 0 Å². The van der Waals surface area contributed by atoms with Gasteiger partial charge < -0.3 is 0 Å². The van der Waals surface area contributed by atoms with E-state index in [0.29, 0.717) is 11.5 Å². The van der Waals surface area contributed by atoms with Crippen molar-refractivity contribution in [1.82, 2.24) is 4.72 Å². The van der Waals surface area contributed by atoms with E-state index in [2.05, 4.69) is 4.72 Å². The van der Waals surface area contributed by atoms with Crippen LogP contribution in [0.1, 0.15) is 64.6 Å². The number of nitrogens with one attached hydrogen (secondary N) is 1. The van der Waals surface area contributed by atoms with E-state index in [4.69, 9.17) is 0 Å². The molecule has 0 saturated heterocycles. The Bertz CT molecular complexity index is 466. The van der Waals surface area contributed by atoms with Crippen LogP contribution in [0.3, 0.4) is 0 Å². The predicted octanol–water partition coefficient (Wildman–Crippen LogP) is 4.06. The zero-order chi connectivity index (χ0) is 14.8. The van der Waals surface area contributed by atoms with E-state index < -0.39 is 11.0 Å². The minimum Gasteiger partial charge on any atom is -0.242 e. The Labute approximate surface area is 118 Å². The van der Waals surface area contributed by atoms with Gasteiger partial charge in [-0.15, -0.1) is 0 Å². The topological polar surface area (TPSA) is 29.1 Å². The van der Waals surface area contributed by atoms with Gasteiger partial charge in [-0.25, -0.2) is 13.3 Å². The molecule has 1 rings (SSSR count). The largest absolute Gasteiger partial charge is 0.242 e. The molecule has 2 nitrogen and oxygen atoms in total. The van der Waals surface area contributed by atoms with Crippen LogP contribution in [-0.2, 0) is 11.0 Å². The van der Waals surface area contributed by atoms with Crippen LogP contribution in [0.4, 0.5) is 4.39 Å². The van der Waals surface area contributed by atoms with Crippen LogP contribution in [0.15, 0.2) is 18.2 Å². The molecule has 0 radical (unpaired) electrons. The van der Waals surface area contributed by atoms with Crippen molar-refractivity contribution in [3.63, 3.8) is 0 Å². The Morgan fingerprint density at radius 3 is 2.21 bits per heavy atom. The highest BCUT2D eigenvalue weighted by atomic mass is 32.2. The van der Waals surface area contributed by atoms with Crippen LogP contribution in [-0.4, -0.2) is 8.96 Å². The van der Waals surface area contributed by atoms with Crippen LogP contribution >= 0.6 is 0 Å². The van der Waals surface area contributed by atoms with Gasteiger partial charge in [-0.2, -0.15) is 0 Å². The van der Waals surface area contributed by atoms with Crippen molar-refractivity contribution in [3.05, 3.63) is 35.1 Å². The second kappa shape index (κ2) is 6.14. The molecule has 0 saturated carbocycles. The fraction of sp³-hybridized carbons (Fsp3) is 0.600. The van der Waals surface area contributed by atoms with E-state index in [1.54, 1.807) is 12.1 Å². The molecule has 0 aliphatic heterocycles. The van der Waals surface area contributed by atoms with E-state index in [0.717, 1.165) is 5.56 Å². The van der Waals surface area contributed by atoms with Gasteiger partial charge in [0.15, 0.2) is 0 Å². The lowest BCUT2D eigenvalue weighted by Gasteiger charge is -2.22. The summed E-state index contributed by atoms with van der Waals surface area (Å²) in [5, 5.41) is 0. The maximum Gasteiger partial charge on any atom is 0.128 e. The molecule has 2 atom stereocenters. The van der Waals surface area contributed by atoms with Crippen LogP contribution in [0.25, 0.3) is 0 Å². The molecule has 4 heteroatoms. The zero-order valence-corrected chi connectivity index (χ0v) is 13.4. The molecule has 0 amide bonds. The summed E-state index contributed by atoms with van der Waals surface area (Å²) in [5.74, 6) is 0.0626. The summed E-state index contributed by atoms with van der Waals surface area (Å²) >= 11 is 0. The molecule has 0 aromatic heterocycles. The summed E-state index contributed by atoms with van der Waals surface area (Å²) in [4.78, 5) is 0. The van der Waals surface area contributed by atoms with E-state index in [1.165, 1.54) is 0 Å². The van der Waals surface area contributed by atoms with Gasteiger partial charge in [-0.1, -0.05) is 26.0 Å². The average molecular weight is 285 g/mol. The molecule has 0 bridgehead atoms. The van der Waals surface area contributed by atoms with Crippen LogP contribution in [0.2, 0.25) is 0 Å². The smallest absolute Gasteiger partial charge is 0.128 e. The standard InChI is InChI=1S/C15H24FNOS/c1-10(2)12-7-8-13(14(16)9-12)11(3)17-19(18)15(4,5)6/h7-11,17H,1-6H3/t11-,19+/m0/s1. The molecule has 1 aromatic rings. The van der Waals surface area contributed by atoms with Gasteiger partial charge in [0, 0.05) is 11.6 Å². The Morgan fingerprint density at radius 2 is 1.79 bits per heavy atom. The first-order valence-electron chi connectivity index (χ1n) is 6.60. The van der Waals surface area contributed by atoms with E-state index in [-0.39, 0.29) is 16.6 Å². The van der Waals surface area contributed by atoms with Crippen molar-refractivity contribution in [1.29, 1.82) is 0 Å². The van der Waals surface area contributed by atoms with E-state index in [9.17, 15) is 8.60 Å². The molecule has 19 heavy (non-hydrogen) atoms.